The third-order valence-electron chi connectivity index (χ3n) is 3.98. The minimum absolute atomic E-state index is 0.201. The number of hydrogen-bond donors (Lipinski definition) is 1. The molecule has 112 valence electrons. The van der Waals surface area contributed by atoms with Crippen LogP contribution >= 0.6 is 0 Å². The van der Waals surface area contributed by atoms with Crippen molar-refractivity contribution in [1.82, 2.24) is 0 Å². The van der Waals surface area contributed by atoms with E-state index in [0.717, 1.165) is 24.0 Å². The summed E-state index contributed by atoms with van der Waals surface area (Å²) >= 11 is 0. The van der Waals surface area contributed by atoms with Crippen molar-refractivity contribution in [3.8, 4) is 0 Å². The molecule has 1 rings (SSSR count). The molecule has 0 amide bonds. The molecule has 0 saturated heterocycles. The molecule has 0 fully saturated rings. The Kier molecular flexibility index (Phi) is 6.21. The zero-order valence-electron chi connectivity index (χ0n) is 13.1. The summed E-state index contributed by atoms with van der Waals surface area (Å²) in [6, 6.07) is 8.04. The summed E-state index contributed by atoms with van der Waals surface area (Å²) in [6.45, 7) is 8.80. The summed E-state index contributed by atoms with van der Waals surface area (Å²) in [5.74, 6) is 0.219. The fraction of sp³-hybridized carbons (Fsp3) is 0.588. The second-order valence-electron chi connectivity index (χ2n) is 5.59. The highest BCUT2D eigenvalue weighted by Crippen LogP contribution is 2.33. The van der Waals surface area contributed by atoms with Crippen molar-refractivity contribution < 1.29 is 9.53 Å². The van der Waals surface area contributed by atoms with E-state index in [0.29, 0.717) is 12.5 Å². The SMILES string of the molecule is CCOC(=O)C(CN)(CC(C)CC)c1cccc(C)c1. The van der Waals surface area contributed by atoms with E-state index < -0.39 is 5.41 Å². The molecule has 0 aliphatic heterocycles. The number of rotatable bonds is 7. The van der Waals surface area contributed by atoms with Crippen LogP contribution in [0.3, 0.4) is 0 Å². The van der Waals surface area contributed by atoms with Crippen LogP contribution < -0.4 is 5.73 Å². The van der Waals surface area contributed by atoms with Crippen molar-refractivity contribution in [2.45, 2.75) is 46.0 Å². The highest BCUT2D eigenvalue weighted by Gasteiger charge is 2.41. The molecule has 0 bridgehead atoms. The molecule has 2 atom stereocenters. The van der Waals surface area contributed by atoms with Gasteiger partial charge in [0, 0.05) is 6.54 Å². The molecule has 1 aromatic carbocycles. The van der Waals surface area contributed by atoms with Gasteiger partial charge in [-0.1, -0.05) is 50.1 Å². The Morgan fingerprint density at radius 1 is 1.40 bits per heavy atom. The summed E-state index contributed by atoms with van der Waals surface area (Å²) in [5.41, 5.74) is 7.40. The van der Waals surface area contributed by atoms with E-state index in [1.807, 2.05) is 38.1 Å². The van der Waals surface area contributed by atoms with Crippen LogP contribution in [0.1, 0.15) is 44.7 Å². The summed E-state index contributed by atoms with van der Waals surface area (Å²) in [7, 11) is 0. The number of ether oxygens (including phenoxy) is 1. The highest BCUT2D eigenvalue weighted by atomic mass is 16.5. The Balaban J connectivity index is 3.26. The van der Waals surface area contributed by atoms with Crippen LogP contribution in [0, 0.1) is 12.8 Å². The van der Waals surface area contributed by atoms with Gasteiger partial charge in [-0.2, -0.15) is 0 Å². The molecular formula is C17H27NO2. The van der Waals surface area contributed by atoms with E-state index in [4.69, 9.17) is 10.5 Å². The van der Waals surface area contributed by atoms with Gasteiger partial charge in [-0.15, -0.1) is 0 Å². The summed E-state index contributed by atoms with van der Waals surface area (Å²) in [4.78, 5) is 12.6. The number of aryl methyl sites for hydroxylation is 1. The number of carbonyl (C=O) groups excluding carboxylic acids is 1. The van der Waals surface area contributed by atoms with Crippen LogP contribution in [0.2, 0.25) is 0 Å². The standard InChI is InChI=1S/C17H27NO2/c1-5-13(3)11-17(12-18,16(19)20-6-2)15-9-7-8-14(4)10-15/h7-10,13H,5-6,11-12,18H2,1-4H3. The highest BCUT2D eigenvalue weighted by molar-refractivity contribution is 5.83. The van der Waals surface area contributed by atoms with E-state index in [9.17, 15) is 4.79 Å². The predicted octanol–water partition coefficient (Wildman–Crippen LogP) is 3.19. The maximum Gasteiger partial charge on any atom is 0.317 e. The average Bonchev–Trinajstić information content (AvgIpc) is 2.44. The fourth-order valence-electron chi connectivity index (χ4n) is 2.55. The van der Waals surface area contributed by atoms with Crippen molar-refractivity contribution in [3.63, 3.8) is 0 Å². The Hall–Kier alpha value is -1.35. The molecule has 0 aromatic heterocycles. The normalized spacial score (nSPS) is 15.4. The second-order valence-corrected chi connectivity index (χ2v) is 5.59. The molecule has 3 nitrogen and oxygen atoms in total. The third-order valence-corrected chi connectivity index (χ3v) is 3.98. The first-order valence-corrected chi connectivity index (χ1v) is 7.44. The summed E-state index contributed by atoms with van der Waals surface area (Å²) in [5, 5.41) is 0. The number of nitrogens with two attached hydrogens (primary N) is 1. The van der Waals surface area contributed by atoms with Crippen LogP contribution in [-0.4, -0.2) is 19.1 Å². The maximum atomic E-state index is 12.6. The van der Waals surface area contributed by atoms with E-state index in [1.54, 1.807) is 0 Å². The van der Waals surface area contributed by atoms with Gasteiger partial charge < -0.3 is 10.5 Å². The fourth-order valence-corrected chi connectivity index (χ4v) is 2.55. The van der Waals surface area contributed by atoms with Crippen molar-refractivity contribution in [2.24, 2.45) is 11.7 Å². The largest absolute Gasteiger partial charge is 0.465 e. The smallest absolute Gasteiger partial charge is 0.317 e. The number of hydrogen-bond acceptors (Lipinski definition) is 3. The van der Waals surface area contributed by atoms with Gasteiger partial charge in [0.05, 0.1) is 6.61 Å². The minimum Gasteiger partial charge on any atom is -0.465 e. The molecule has 0 saturated carbocycles. The van der Waals surface area contributed by atoms with E-state index in [1.165, 1.54) is 0 Å². The molecule has 1 aromatic rings. The lowest BCUT2D eigenvalue weighted by Gasteiger charge is -2.33. The Labute approximate surface area is 122 Å². The average molecular weight is 277 g/mol. The van der Waals surface area contributed by atoms with Crippen LogP contribution in [-0.2, 0) is 14.9 Å². The monoisotopic (exact) mass is 277 g/mol. The number of esters is 1. The first-order chi connectivity index (χ1) is 9.50. The molecule has 0 aliphatic carbocycles. The van der Waals surface area contributed by atoms with Crippen molar-refractivity contribution >= 4 is 5.97 Å². The molecule has 0 aliphatic rings. The maximum absolute atomic E-state index is 12.6. The molecule has 20 heavy (non-hydrogen) atoms. The number of carbonyl (C=O) groups is 1. The Morgan fingerprint density at radius 2 is 2.10 bits per heavy atom. The van der Waals surface area contributed by atoms with E-state index in [-0.39, 0.29) is 12.5 Å². The molecule has 2 unspecified atom stereocenters. The first-order valence-electron chi connectivity index (χ1n) is 7.44. The van der Waals surface area contributed by atoms with Gasteiger partial charge in [0.2, 0.25) is 0 Å². The van der Waals surface area contributed by atoms with Crippen LogP contribution in [0.25, 0.3) is 0 Å². The van der Waals surface area contributed by atoms with Crippen molar-refractivity contribution in [3.05, 3.63) is 35.4 Å². The molecular weight excluding hydrogens is 250 g/mol. The quantitative estimate of drug-likeness (QED) is 0.779. The molecule has 2 N–H and O–H groups in total. The summed E-state index contributed by atoms with van der Waals surface area (Å²) in [6.07, 6.45) is 1.75. The second kappa shape index (κ2) is 7.44. The lowest BCUT2D eigenvalue weighted by Crippen LogP contribution is -2.45. The zero-order valence-corrected chi connectivity index (χ0v) is 13.1. The van der Waals surface area contributed by atoms with Gasteiger partial charge in [0.25, 0.3) is 0 Å². The van der Waals surface area contributed by atoms with Crippen LogP contribution in [0.15, 0.2) is 24.3 Å². The molecule has 0 spiro atoms. The van der Waals surface area contributed by atoms with Gasteiger partial charge in [0.1, 0.15) is 5.41 Å². The topological polar surface area (TPSA) is 52.3 Å². The minimum atomic E-state index is -0.725. The lowest BCUT2D eigenvalue weighted by molar-refractivity contribution is -0.150. The predicted molar refractivity (Wildman–Crippen MR) is 82.6 cm³/mol. The van der Waals surface area contributed by atoms with Gasteiger partial charge in [-0.25, -0.2) is 0 Å². The van der Waals surface area contributed by atoms with Gasteiger partial charge >= 0.3 is 5.97 Å². The zero-order chi connectivity index (χ0) is 15.2. The Bertz CT molecular complexity index is 444. The lowest BCUT2D eigenvalue weighted by atomic mass is 9.73. The molecule has 0 radical (unpaired) electrons. The van der Waals surface area contributed by atoms with Gasteiger partial charge in [-0.05, 0) is 31.7 Å². The van der Waals surface area contributed by atoms with E-state index >= 15 is 0 Å². The molecule has 3 heteroatoms. The van der Waals surface area contributed by atoms with Crippen LogP contribution in [0.4, 0.5) is 0 Å². The van der Waals surface area contributed by atoms with Crippen LogP contribution in [0.5, 0.6) is 0 Å². The first kappa shape index (κ1) is 16.7. The summed E-state index contributed by atoms with van der Waals surface area (Å²) < 4.78 is 5.32. The van der Waals surface area contributed by atoms with Gasteiger partial charge in [-0.3, -0.25) is 4.79 Å². The molecule has 0 heterocycles. The third kappa shape index (κ3) is 3.60. The van der Waals surface area contributed by atoms with Crippen molar-refractivity contribution in [2.75, 3.05) is 13.2 Å². The van der Waals surface area contributed by atoms with Crippen molar-refractivity contribution in [1.29, 1.82) is 0 Å². The van der Waals surface area contributed by atoms with E-state index in [2.05, 4.69) is 13.8 Å². The van der Waals surface area contributed by atoms with Gasteiger partial charge in [0.15, 0.2) is 0 Å². The Morgan fingerprint density at radius 3 is 2.60 bits per heavy atom. The number of benzene rings is 1.